The summed E-state index contributed by atoms with van der Waals surface area (Å²) in [7, 11) is 0. The number of carbonyl (C=O) groups excluding carboxylic acids is 3. The molecule has 0 radical (unpaired) electrons. The van der Waals surface area contributed by atoms with Crippen LogP contribution in [-0.2, 0) is 16.0 Å². The molecule has 4 aromatic rings. The molecule has 0 saturated carbocycles. The minimum atomic E-state index is -0.803. The molecule has 41 heavy (non-hydrogen) atoms. The van der Waals surface area contributed by atoms with Crippen LogP contribution in [0.25, 0.3) is 10.2 Å². The standard InChI is InChI=1S/C29H28FN5O4S2/c1-16(2)12-21(27(31)37)34-28(38)24-15-20-26(41-24)23(10-11-32-20)39-22-9-8-18(14-19(22)30)33-29(40)35-25(36)13-17-6-4-3-5-7-17/h3-11,14-16,21H,12-13H2,1-2H3,(H2,31,37)(H,34,38)(H2,33,35,36,40)/t21-/m1/s1. The summed E-state index contributed by atoms with van der Waals surface area (Å²) < 4.78 is 21.3. The number of pyridine rings is 1. The van der Waals surface area contributed by atoms with E-state index in [0.29, 0.717) is 33.0 Å². The Bertz CT molecular complexity index is 1590. The molecule has 0 bridgehead atoms. The summed E-state index contributed by atoms with van der Waals surface area (Å²) in [6.45, 7) is 3.85. The van der Waals surface area contributed by atoms with Gasteiger partial charge < -0.3 is 26.4 Å². The van der Waals surface area contributed by atoms with Gasteiger partial charge in [-0.2, -0.15) is 0 Å². The second-order valence-corrected chi connectivity index (χ2v) is 11.1. The van der Waals surface area contributed by atoms with Crippen LogP contribution in [0.2, 0.25) is 0 Å². The van der Waals surface area contributed by atoms with E-state index < -0.39 is 23.7 Å². The fourth-order valence-electron chi connectivity index (χ4n) is 3.95. The fourth-order valence-corrected chi connectivity index (χ4v) is 5.15. The quantitative estimate of drug-likeness (QED) is 0.192. The molecular formula is C29H28FN5O4S2. The van der Waals surface area contributed by atoms with Crippen LogP contribution in [0.15, 0.2) is 66.9 Å². The Morgan fingerprint density at radius 3 is 2.51 bits per heavy atom. The van der Waals surface area contributed by atoms with E-state index in [1.165, 1.54) is 18.3 Å². The van der Waals surface area contributed by atoms with Crippen molar-refractivity contribution in [3.63, 3.8) is 0 Å². The number of benzene rings is 2. The zero-order valence-corrected chi connectivity index (χ0v) is 23.9. The summed E-state index contributed by atoms with van der Waals surface area (Å²) in [4.78, 5) is 41.4. The van der Waals surface area contributed by atoms with Crippen molar-refractivity contribution in [2.75, 3.05) is 5.32 Å². The largest absolute Gasteiger partial charge is 0.453 e. The maximum atomic E-state index is 15.0. The molecule has 12 heteroatoms. The third kappa shape index (κ3) is 8.05. The highest BCUT2D eigenvalue weighted by atomic mass is 32.1. The number of nitrogens with two attached hydrogens (primary N) is 1. The average Bonchev–Trinajstić information content (AvgIpc) is 3.35. The fraction of sp³-hybridized carbons (Fsp3) is 0.207. The van der Waals surface area contributed by atoms with Gasteiger partial charge in [-0.05, 0) is 48.3 Å². The molecule has 4 rings (SSSR count). The summed E-state index contributed by atoms with van der Waals surface area (Å²) in [5.74, 6) is -1.66. The van der Waals surface area contributed by atoms with Crippen LogP contribution in [0.4, 0.5) is 10.1 Å². The van der Waals surface area contributed by atoms with Gasteiger partial charge in [0.2, 0.25) is 11.8 Å². The van der Waals surface area contributed by atoms with Crippen molar-refractivity contribution in [2.45, 2.75) is 32.7 Å². The van der Waals surface area contributed by atoms with Crippen LogP contribution in [0.3, 0.4) is 0 Å². The van der Waals surface area contributed by atoms with Crippen molar-refractivity contribution in [3.05, 3.63) is 83.1 Å². The summed E-state index contributed by atoms with van der Waals surface area (Å²) in [5.41, 5.74) is 7.09. The van der Waals surface area contributed by atoms with Crippen molar-refractivity contribution >= 4 is 62.3 Å². The molecule has 5 N–H and O–H groups in total. The van der Waals surface area contributed by atoms with E-state index in [2.05, 4.69) is 20.9 Å². The molecule has 0 spiro atoms. The first-order valence-electron chi connectivity index (χ1n) is 12.7. The summed E-state index contributed by atoms with van der Waals surface area (Å²) in [6.07, 6.45) is 2.05. The lowest BCUT2D eigenvalue weighted by Gasteiger charge is -2.16. The number of fused-ring (bicyclic) bond motifs is 1. The molecule has 0 saturated heterocycles. The Hall–Kier alpha value is -4.42. The van der Waals surface area contributed by atoms with E-state index in [9.17, 15) is 18.8 Å². The number of rotatable bonds is 10. The normalized spacial score (nSPS) is 11.6. The van der Waals surface area contributed by atoms with Crippen LogP contribution >= 0.6 is 23.6 Å². The minimum absolute atomic E-state index is 0.0335. The molecule has 9 nitrogen and oxygen atoms in total. The van der Waals surface area contributed by atoms with Gasteiger partial charge in [0.15, 0.2) is 16.7 Å². The highest BCUT2D eigenvalue weighted by Gasteiger charge is 2.22. The molecule has 3 amide bonds. The number of thiocarbonyl (C=S) groups is 1. The molecule has 0 aliphatic carbocycles. The van der Waals surface area contributed by atoms with Gasteiger partial charge in [0.1, 0.15) is 11.8 Å². The van der Waals surface area contributed by atoms with Gasteiger partial charge in [-0.3, -0.25) is 19.4 Å². The summed E-state index contributed by atoms with van der Waals surface area (Å²) in [6, 6.07) is 15.7. The van der Waals surface area contributed by atoms with Crippen LogP contribution in [0, 0.1) is 11.7 Å². The lowest BCUT2D eigenvalue weighted by Crippen LogP contribution is -2.45. The Balaban J connectivity index is 1.42. The summed E-state index contributed by atoms with van der Waals surface area (Å²) >= 11 is 6.29. The topological polar surface area (TPSA) is 135 Å². The predicted molar refractivity (Wildman–Crippen MR) is 161 cm³/mol. The minimum Gasteiger partial charge on any atom is -0.453 e. The molecule has 0 aliphatic heterocycles. The smallest absolute Gasteiger partial charge is 0.262 e. The van der Waals surface area contributed by atoms with Crippen LogP contribution in [-0.4, -0.2) is 33.9 Å². The molecular weight excluding hydrogens is 565 g/mol. The molecule has 212 valence electrons. The van der Waals surface area contributed by atoms with E-state index in [1.807, 2.05) is 44.2 Å². The molecule has 0 unspecified atom stereocenters. The van der Waals surface area contributed by atoms with Gasteiger partial charge in [-0.25, -0.2) is 4.39 Å². The number of halogens is 1. The monoisotopic (exact) mass is 593 g/mol. The molecule has 0 fully saturated rings. The van der Waals surface area contributed by atoms with Crippen LogP contribution in [0.5, 0.6) is 11.5 Å². The number of anilines is 1. The molecule has 2 aromatic heterocycles. The second-order valence-electron chi connectivity index (χ2n) is 9.60. The van der Waals surface area contributed by atoms with Gasteiger partial charge >= 0.3 is 0 Å². The SMILES string of the molecule is CC(C)C[C@@H](NC(=O)c1cc2nccc(Oc3ccc(NC(=S)NC(=O)Cc4ccccc4)cc3F)c2s1)C(N)=O. The Kier molecular flexibility index (Phi) is 9.58. The first-order chi connectivity index (χ1) is 19.6. The van der Waals surface area contributed by atoms with Gasteiger partial charge in [0, 0.05) is 24.0 Å². The third-order valence-electron chi connectivity index (χ3n) is 5.83. The van der Waals surface area contributed by atoms with Crippen molar-refractivity contribution < 1.29 is 23.5 Å². The van der Waals surface area contributed by atoms with E-state index in [0.717, 1.165) is 16.9 Å². The third-order valence-corrected chi connectivity index (χ3v) is 7.17. The van der Waals surface area contributed by atoms with Gasteiger partial charge in [-0.15, -0.1) is 11.3 Å². The van der Waals surface area contributed by atoms with Gasteiger partial charge in [0.05, 0.1) is 21.5 Å². The number of carbonyl (C=O) groups is 3. The number of hydrogen-bond acceptors (Lipinski definition) is 7. The van der Waals surface area contributed by atoms with Crippen molar-refractivity contribution in [3.8, 4) is 11.5 Å². The first kappa shape index (κ1) is 29.6. The number of thiophene rings is 1. The zero-order chi connectivity index (χ0) is 29.5. The second kappa shape index (κ2) is 13.3. The lowest BCUT2D eigenvalue weighted by atomic mass is 10.0. The Morgan fingerprint density at radius 1 is 1.07 bits per heavy atom. The molecule has 1 atom stereocenters. The van der Waals surface area contributed by atoms with E-state index >= 15 is 0 Å². The number of nitrogens with one attached hydrogen (secondary N) is 3. The maximum Gasteiger partial charge on any atom is 0.262 e. The van der Waals surface area contributed by atoms with Gasteiger partial charge in [0.25, 0.3) is 5.91 Å². The van der Waals surface area contributed by atoms with E-state index in [4.69, 9.17) is 22.7 Å². The highest BCUT2D eigenvalue weighted by molar-refractivity contribution is 7.80. The zero-order valence-electron chi connectivity index (χ0n) is 22.3. The van der Waals surface area contributed by atoms with Crippen molar-refractivity contribution in [1.82, 2.24) is 15.6 Å². The highest BCUT2D eigenvalue weighted by Crippen LogP contribution is 2.36. The number of nitrogens with zero attached hydrogens (tertiary/aromatic N) is 1. The number of ether oxygens (including phenoxy) is 1. The van der Waals surface area contributed by atoms with Crippen molar-refractivity contribution in [2.24, 2.45) is 11.7 Å². The van der Waals surface area contributed by atoms with Gasteiger partial charge in [-0.1, -0.05) is 44.2 Å². The van der Waals surface area contributed by atoms with E-state index in [1.54, 1.807) is 18.2 Å². The first-order valence-corrected chi connectivity index (χ1v) is 13.9. The number of amides is 3. The summed E-state index contributed by atoms with van der Waals surface area (Å²) in [5, 5.41) is 8.07. The predicted octanol–water partition coefficient (Wildman–Crippen LogP) is 4.91. The number of hydrogen-bond donors (Lipinski definition) is 4. The van der Waals surface area contributed by atoms with E-state index in [-0.39, 0.29) is 29.1 Å². The lowest BCUT2D eigenvalue weighted by molar-refractivity contribution is -0.120. The number of aromatic nitrogens is 1. The Labute approximate surface area is 245 Å². The molecule has 2 aromatic carbocycles. The van der Waals surface area contributed by atoms with Crippen molar-refractivity contribution in [1.29, 1.82) is 0 Å². The van der Waals surface area contributed by atoms with Crippen LogP contribution in [0.1, 0.15) is 35.5 Å². The number of primary amides is 1. The molecule has 2 heterocycles. The maximum absolute atomic E-state index is 15.0. The molecule has 0 aliphatic rings. The van der Waals surface area contributed by atoms with Crippen LogP contribution < -0.4 is 26.4 Å². The Morgan fingerprint density at radius 2 is 1.83 bits per heavy atom. The average molecular weight is 594 g/mol.